The number of hydrazone groups is 1. The fraction of sp³-hybridized carbons (Fsp3) is 0.100. The minimum absolute atomic E-state index is 0.00385. The summed E-state index contributed by atoms with van der Waals surface area (Å²) in [5, 5.41) is 30.1. The number of nitrogens with one attached hydrogen (secondary N) is 1. The van der Waals surface area contributed by atoms with Crippen molar-refractivity contribution in [2.45, 2.75) is 6.92 Å². The molecule has 172 valence electrons. The van der Waals surface area contributed by atoms with Gasteiger partial charge in [-0.05, 0) is 41.5 Å². The topological polar surface area (TPSA) is 189 Å². The van der Waals surface area contributed by atoms with Crippen LogP contribution in [0.25, 0.3) is 17.1 Å². The van der Waals surface area contributed by atoms with Gasteiger partial charge in [0.1, 0.15) is 18.1 Å². The van der Waals surface area contributed by atoms with Crippen molar-refractivity contribution in [2.75, 3.05) is 12.3 Å². The molecule has 2 aromatic heterocycles. The highest BCUT2D eigenvalue weighted by molar-refractivity contribution is 5.99. The van der Waals surface area contributed by atoms with Gasteiger partial charge in [0.15, 0.2) is 5.69 Å². The molecule has 2 heterocycles. The lowest BCUT2D eigenvalue weighted by Crippen LogP contribution is -2.22. The Morgan fingerprint density at radius 3 is 2.59 bits per heavy atom. The Morgan fingerprint density at radius 1 is 1.21 bits per heavy atom. The Labute approximate surface area is 191 Å². The molecule has 0 fully saturated rings. The van der Waals surface area contributed by atoms with Gasteiger partial charge in [-0.25, -0.2) is 10.1 Å². The Kier molecular flexibility index (Phi) is 6.20. The number of nitrogens with two attached hydrogens (primary N) is 1. The van der Waals surface area contributed by atoms with Crippen LogP contribution in [0.3, 0.4) is 0 Å². The lowest BCUT2D eigenvalue weighted by Gasteiger charge is -2.07. The summed E-state index contributed by atoms with van der Waals surface area (Å²) in [6.07, 6.45) is 0. The van der Waals surface area contributed by atoms with E-state index in [-0.39, 0.29) is 35.3 Å². The van der Waals surface area contributed by atoms with Gasteiger partial charge < -0.3 is 10.5 Å². The predicted molar refractivity (Wildman–Crippen MR) is 118 cm³/mol. The molecule has 0 aliphatic heterocycles. The highest BCUT2D eigenvalue weighted by atomic mass is 16.6. The zero-order chi connectivity index (χ0) is 24.1. The molecular weight excluding hydrogens is 446 g/mol. The summed E-state index contributed by atoms with van der Waals surface area (Å²) in [6.45, 7) is 1.83. The molecule has 0 saturated carbocycles. The number of amides is 1. The van der Waals surface area contributed by atoms with Crippen LogP contribution in [0.1, 0.15) is 17.4 Å². The molecule has 0 saturated heterocycles. The summed E-state index contributed by atoms with van der Waals surface area (Å²) in [7, 11) is 0. The Hall–Kier alpha value is -5.14. The first-order chi connectivity index (χ1) is 16.4. The number of carbonyl (C=O) groups excluding carboxylic acids is 1. The summed E-state index contributed by atoms with van der Waals surface area (Å²) in [5.74, 6) is -0.123. The highest BCUT2D eigenvalue weighted by Gasteiger charge is 2.25. The van der Waals surface area contributed by atoms with Crippen LogP contribution in [0.2, 0.25) is 0 Å². The maximum atomic E-state index is 12.9. The summed E-state index contributed by atoms with van der Waals surface area (Å²) < 4.78 is 11.4. The summed E-state index contributed by atoms with van der Waals surface area (Å²) >= 11 is 0. The van der Waals surface area contributed by atoms with E-state index in [4.69, 9.17) is 10.5 Å². The van der Waals surface area contributed by atoms with E-state index in [1.807, 2.05) is 18.2 Å². The monoisotopic (exact) mass is 463 g/mol. The SMILES string of the molecule is C/C(COc1ccccc1)=N\NC(=O)c1nnn(-c2nonc2N)c1-c1ccc([N+](=O)[O-])cc1. The van der Waals surface area contributed by atoms with Crippen LogP contribution >= 0.6 is 0 Å². The van der Waals surface area contributed by atoms with Crippen LogP contribution in [-0.2, 0) is 0 Å². The van der Waals surface area contributed by atoms with Gasteiger partial charge in [0.05, 0.1) is 10.6 Å². The van der Waals surface area contributed by atoms with Gasteiger partial charge >= 0.3 is 0 Å². The zero-order valence-electron chi connectivity index (χ0n) is 17.7. The normalized spacial score (nSPS) is 11.3. The lowest BCUT2D eigenvalue weighted by molar-refractivity contribution is -0.384. The number of nitrogen functional groups attached to an aromatic ring is 1. The number of para-hydroxylation sites is 1. The molecule has 0 radical (unpaired) electrons. The van der Waals surface area contributed by atoms with Crippen molar-refractivity contribution < 1.29 is 19.1 Å². The minimum Gasteiger partial charge on any atom is -0.488 e. The van der Waals surface area contributed by atoms with Gasteiger partial charge in [-0.3, -0.25) is 14.9 Å². The highest BCUT2D eigenvalue weighted by Crippen LogP contribution is 2.28. The van der Waals surface area contributed by atoms with Crippen LogP contribution in [-0.4, -0.2) is 48.5 Å². The van der Waals surface area contributed by atoms with Crippen molar-refractivity contribution in [3.8, 4) is 22.8 Å². The minimum atomic E-state index is -0.686. The smallest absolute Gasteiger partial charge is 0.294 e. The molecule has 0 aliphatic rings. The Balaban J connectivity index is 1.60. The number of aromatic nitrogens is 5. The third kappa shape index (κ3) is 4.69. The second-order valence-electron chi connectivity index (χ2n) is 6.87. The third-order valence-corrected chi connectivity index (χ3v) is 4.47. The summed E-state index contributed by atoms with van der Waals surface area (Å²) in [5.41, 5.74) is 8.94. The van der Waals surface area contributed by atoms with Crippen molar-refractivity contribution >= 4 is 23.1 Å². The predicted octanol–water partition coefficient (Wildman–Crippen LogP) is 1.99. The fourth-order valence-electron chi connectivity index (χ4n) is 2.86. The second-order valence-corrected chi connectivity index (χ2v) is 6.87. The number of hydrogen-bond donors (Lipinski definition) is 2. The van der Waals surface area contributed by atoms with E-state index in [2.05, 4.69) is 35.8 Å². The first kappa shape index (κ1) is 22.1. The molecule has 0 bridgehead atoms. The number of nitro benzene ring substituents is 1. The molecular formula is C20H17N9O5. The van der Waals surface area contributed by atoms with Crippen LogP contribution in [0.5, 0.6) is 5.75 Å². The number of non-ortho nitro benzene ring substituents is 1. The van der Waals surface area contributed by atoms with Gasteiger partial charge in [-0.15, -0.1) is 5.10 Å². The maximum Gasteiger partial charge on any atom is 0.294 e. The largest absolute Gasteiger partial charge is 0.488 e. The fourth-order valence-corrected chi connectivity index (χ4v) is 2.86. The number of anilines is 1. The van der Waals surface area contributed by atoms with E-state index in [1.54, 1.807) is 19.1 Å². The Morgan fingerprint density at radius 2 is 1.94 bits per heavy atom. The molecule has 0 atom stereocenters. The molecule has 0 unspecified atom stereocenters. The number of nitro groups is 1. The van der Waals surface area contributed by atoms with E-state index in [0.29, 0.717) is 17.0 Å². The number of hydrogen-bond acceptors (Lipinski definition) is 11. The molecule has 0 spiro atoms. The van der Waals surface area contributed by atoms with Gasteiger partial charge in [-0.1, -0.05) is 23.4 Å². The molecule has 14 nitrogen and oxygen atoms in total. The second kappa shape index (κ2) is 9.56. The molecule has 4 rings (SSSR count). The summed E-state index contributed by atoms with van der Waals surface area (Å²) in [4.78, 5) is 23.4. The molecule has 3 N–H and O–H groups in total. The van der Waals surface area contributed by atoms with E-state index < -0.39 is 10.8 Å². The molecule has 1 amide bonds. The maximum absolute atomic E-state index is 12.9. The van der Waals surface area contributed by atoms with E-state index in [9.17, 15) is 14.9 Å². The van der Waals surface area contributed by atoms with Gasteiger partial charge in [0, 0.05) is 17.7 Å². The van der Waals surface area contributed by atoms with E-state index in [1.165, 1.54) is 24.3 Å². The van der Waals surface area contributed by atoms with E-state index in [0.717, 1.165) is 4.68 Å². The molecule has 0 aliphatic carbocycles. The van der Waals surface area contributed by atoms with Gasteiger partial charge in [0.25, 0.3) is 11.6 Å². The first-order valence-electron chi connectivity index (χ1n) is 9.74. The quantitative estimate of drug-likeness (QED) is 0.222. The van der Waals surface area contributed by atoms with Crippen molar-refractivity contribution in [1.29, 1.82) is 0 Å². The first-order valence-corrected chi connectivity index (χ1v) is 9.74. The average Bonchev–Trinajstić information content (AvgIpc) is 3.48. The zero-order valence-corrected chi connectivity index (χ0v) is 17.7. The molecule has 4 aromatic rings. The van der Waals surface area contributed by atoms with E-state index >= 15 is 0 Å². The third-order valence-electron chi connectivity index (χ3n) is 4.47. The number of nitrogens with zero attached hydrogens (tertiary/aromatic N) is 7. The van der Waals surface area contributed by atoms with Crippen molar-refractivity contribution in [2.24, 2.45) is 5.10 Å². The van der Waals surface area contributed by atoms with Crippen molar-refractivity contribution in [3.05, 3.63) is 70.4 Å². The van der Waals surface area contributed by atoms with Crippen LogP contribution in [0, 0.1) is 10.1 Å². The van der Waals surface area contributed by atoms with Gasteiger partial charge in [0.2, 0.25) is 11.6 Å². The van der Waals surface area contributed by atoms with Gasteiger partial charge in [-0.2, -0.15) is 9.78 Å². The molecule has 34 heavy (non-hydrogen) atoms. The molecule has 2 aromatic carbocycles. The average molecular weight is 463 g/mol. The summed E-state index contributed by atoms with van der Waals surface area (Å²) in [6, 6.07) is 14.6. The lowest BCUT2D eigenvalue weighted by atomic mass is 10.1. The number of carbonyl (C=O) groups is 1. The van der Waals surface area contributed by atoms with Crippen LogP contribution < -0.4 is 15.9 Å². The number of rotatable bonds is 8. The molecule has 14 heteroatoms. The number of ether oxygens (including phenoxy) is 1. The Bertz CT molecular complexity index is 1350. The van der Waals surface area contributed by atoms with Crippen LogP contribution in [0.4, 0.5) is 11.5 Å². The standard InChI is InChI=1S/C20H17N9O5/c1-12(11-33-15-5-3-2-4-6-15)22-24-20(30)16-17(13-7-9-14(10-8-13)29(31)32)28(27-23-16)19-18(21)25-34-26-19/h2-10H,11H2,1H3,(H2,21,25)(H,24,30)/b22-12+. The van der Waals surface area contributed by atoms with Crippen molar-refractivity contribution in [3.63, 3.8) is 0 Å². The number of benzene rings is 2. The van der Waals surface area contributed by atoms with Crippen molar-refractivity contribution in [1.82, 2.24) is 30.7 Å². The van der Waals surface area contributed by atoms with Crippen LogP contribution in [0.15, 0.2) is 64.3 Å².